The van der Waals surface area contributed by atoms with Gasteiger partial charge in [0.05, 0.1) is 0 Å². The molecular weight excluding hydrogens is 210 g/mol. The van der Waals surface area contributed by atoms with Crippen molar-refractivity contribution in [2.75, 3.05) is 24.7 Å². The third kappa shape index (κ3) is 5.09. The topological polar surface area (TPSA) is 49.3 Å². The van der Waals surface area contributed by atoms with Gasteiger partial charge >= 0.3 is 0 Å². The zero-order valence-electron chi connectivity index (χ0n) is 9.58. The zero-order valence-corrected chi connectivity index (χ0v) is 10.4. The molecule has 0 radical (unpaired) electrons. The molecule has 1 saturated heterocycles. The van der Waals surface area contributed by atoms with Crippen LogP contribution in [0.15, 0.2) is 0 Å². The van der Waals surface area contributed by atoms with E-state index in [4.69, 9.17) is 5.11 Å². The van der Waals surface area contributed by atoms with E-state index < -0.39 is 10.8 Å². The van der Waals surface area contributed by atoms with Gasteiger partial charge in [-0.2, -0.15) is 0 Å². The van der Waals surface area contributed by atoms with E-state index in [1.807, 2.05) is 0 Å². The number of hydrogen-bond acceptors (Lipinski definition) is 3. The predicted molar refractivity (Wildman–Crippen MR) is 64.4 cm³/mol. The minimum Gasteiger partial charge on any atom is -0.396 e. The summed E-state index contributed by atoms with van der Waals surface area (Å²) in [5, 5.41) is 12.4. The fourth-order valence-electron chi connectivity index (χ4n) is 1.96. The van der Waals surface area contributed by atoms with Crippen molar-refractivity contribution in [1.29, 1.82) is 0 Å². The van der Waals surface area contributed by atoms with Crippen molar-refractivity contribution in [3.05, 3.63) is 0 Å². The molecule has 1 fully saturated rings. The van der Waals surface area contributed by atoms with Crippen LogP contribution in [0.25, 0.3) is 0 Å². The third-order valence-electron chi connectivity index (χ3n) is 3.20. The maximum absolute atomic E-state index is 11.2. The minimum absolute atomic E-state index is 0.287. The predicted octanol–water partition coefficient (Wildman–Crippen LogP) is 0.896. The molecule has 0 amide bonds. The Hall–Kier alpha value is 0.0700. The summed E-state index contributed by atoms with van der Waals surface area (Å²) < 4.78 is 11.2. The maximum Gasteiger partial charge on any atom is 0.0434 e. The van der Waals surface area contributed by atoms with E-state index in [1.54, 1.807) is 0 Å². The van der Waals surface area contributed by atoms with Crippen molar-refractivity contribution in [1.82, 2.24) is 5.32 Å². The quantitative estimate of drug-likeness (QED) is 0.716. The highest BCUT2D eigenvalue weighted by Crippen LogP contribution is 2.11. The smallest absolute Gasteiger partial charge is 0.0434 e. The Morgan fingerprint density at radius 1 is 1.47 bits per heavy atom. The minimum atomic E-state index is -0.560. The molecule has 1 aliphatic heterocycles. The molecule has 1 rings (SSSR count). The molecule has 0 aromatic carbocycles. The molecule has 4 heteroatoms. The van der Waals surface area contributed by atoms with E-state index >= 15 is 0 Å². The Balaban J connectivity index is 2.15. The van der Waals surface area contributed by atoms with Crippen molar-refractivity contribution in [2.24, 2.45) is 5.92 Å². The number of hydrogen-bond donors (Lipinski definition) is 2. The standard InChI is InChI=1S/C11H23NO2S/c1-2-10(3-6-13)9-12-11-4-7-15(14)8-5-11/h10-13H,2-9H2,1H3. The molecule has 3 nitrogen and oxygen atoms in total. The lowest BCUT2D eigenvalue weighted by molar-refractivity contribution is 0.247. The summed E-state index contributed by atoms with van der Waals surface area (Å²) in [7, 11) is -0.560. The van der Waals surface area contributed by atoms with Crippen LogP contribution in [0.1, 0.15) is 32.6 Å². The van der Waals surface area contributed by atoms with Crippen LogP contribution in [-0.2, 0) is 10.8 Å². The van der Waals surface area contributed by atoms with E-state index in [-0.39, 0.29) is 6.61 Å². The lowest BCUT2D eigenvalue weighted by Gasteiger charge is -2.25. The second kappa shape index (κ2) is 7.36. The van der Waals surface area contributed by atoms with Gasteiger partial charge in [-0.15, -0.1) is 0 Å². The SMILES string of the molecule is CCC(CCO)CNC1CCS(=O)CC1. The lowest BCUT2D eigenvalue weighted by Crippen LogP contribution is -2.38. The molecule has 0 spiro atoms. The maximum atomic E-state index is 11.2. The van der Waals surface area contributed by atoms with Gasteiger partial charge in [-0.1, -0.05) is 13.3 Å². The van der Waals surface area contributed by atoms with Crippen molar-refractivity contribution in [3.63, 3.8) is 0 Å². The third-order valence-corrected chi connectivity index (χ3v) is 4.58. The second-order valence-corrected chi connectivity index (χ2v) is 6.01. The van der Waals surface area contributed by atoms with Gasteiger partial charge in [-0.25, -0.2) is 0 Å². The summed E-state index contributed by atoms with van der Waals surface area (Å²) in [6.07, 6.45) is 4.10. The van der Waals surface area contributed by atoms with Crippen LogP contribution in [0, 0.1) is 5.92 Å². The van der Waals surface area contributed by atoms with Gasteiger partial charge in [0.2, 0.25) is 0 Å². The van der Waals surface area contributed by atoms with Crippen LogP contribution >= 0.6 is 0 Å². The van der Waals surface area contributed by atoms with Gasteiger partial charge < -0.3 is 10.4 Å². The molecule has 90 valence electrons. The summed E-state index contributed by atoms with van der Waals surface area (Å²) in [6.45, 7) is 3.45. The van der Waals surface area contributed by atoms with E-state index in [0.29, 0.717) is 12.0 Å². The first-order valence-electron chi connectivity index (χ1n) is 5.95. The fourth-order valence-corrected chi connectivity index (χ4v) is 3.26. The molecule has 0 bridgehead atoms. The number of aliphatic hydroxyl groups is 1. The van der Waals surface area contributed by atoms with Gasteiger partial charge in [-0.05, 0) is 31.7 Å². The molecule has 2 N–H and O–H groups in total. The average molecular weight is 233 g/mol. The van der Waals surface area contributed by atoms with Crippen molar-refractivity contribution >= 4 is 10.8 Å². The number of nitrogens with one attached hydrogen (secondary N) is 1. The van der Waals surface area contributed by atoms with Crippen LogP contribution in [0.4, 0.5) is 0 Å². The highest BCUT2D eigenvalue weighted by molar-refractivity contribution is 7.85. The molecule has 15 heavy (non-hydrogen) atoms. The molecule has 1 unspecified atom stereocenters. The first-order chi connectivity index (χ1) is 7.26. The molecule has 1 aliphatic rings. The van der Waals surface area contributed by atoms with Crippen LogP contribution < -0.4 is 5.32 Å². The number of rotatable bonds is 6. The highest BCUT2D eigenvalue weighted by atomic mass is 32.2. The molecular formula is C11H23NO2S. The summed E-state index contributed by atoms with van der Waals surface area (Å²) in [4.78, 5) is 0. The molecule has 0 aromatic rings. The Labute approximate surface area is 95.1 Å². The van der Waals surface area contributed by atoms with Gasteiger partial charge in [0.25, 0.3) is 0 Å². The molecule has 1 atom stereocenters. The first kappa shape index (κ1) is 13.1. The van der Waals surface area contributed by atoms with E-state index in [2.05, 4.69) is 12.2 Å². The Bertz CT molecular complexity index is 189. The normalized spacial score (nSPS) is 28.9. The van der Waals surface area contributed by atoms with Gasteiger partial charge in [0, 0.05) is 35.0 Å². The summed E-state index contributed by atoms with van der Waals surface area (Å²) in [5.74, 6) is 2.30. The van der Waals surface area contributed by atoms with Crippen LogP contribution in [0.5, 0.6) is 0 Å². The van der Waals surface area contributed by atoms with Crippen molar-refractivity contribution < 1.29 is 9.32 Å². The molecule has 0 aromatic heterocycles. The monoisotopic (exact) mass is 233 g/mol. The van der Waals surface area contributed by atoms with Crippen LogP contribution in [0.2, 0.25) is 0 Å². The zero-order chi connectivity index (χ0) is 11.1. The largest absolute Gasteiger partial charge is 0.396 e. The van der Waals surface area contributed by atoms with Crippen molar-refractivity contribution in [2.45, 2.75) is 38.6 Å². The lowest BCUT2D eigenvalue weighted by atomic mass is 10.0. The summed E-state index contributed by atoms with van der Waals surface area (Å²) in [6, 6.07) is 0.551. The van der Waals surface area contributed by atoms with E-state index in [0.717, 1.165) is 43.7 Å². The molecule has 1 heterocycles. The summed E-state index contributed by atoms with van der Waals surface area (Å²) >= 11 is 0. The highest BCUT2D eigenvalue weighted by Gasteiger charge is 2.18. The Morgan fingerprint density at radius 3 is 2.67 bits per heavy atom. The van der Waals surface area contributed by atoms with Crippen molar-refractivity contribution in [3.8, 4) is 0 Å². The van der Waals surface area contributed by atoms with E-state index in [9.17, 15) is 4.21 Å². The first-order valence-corrected chi connectivity index (χ1v) is 7.44. The van der Waals surface area contributed by atoms with Crippen LogP contribution in [0.3, 0.4) is 0 Å². The fraction of sp³-hybridized carbons (Fsp3) is 1.00. The number of aliphatic hydroxyl groups excluding tert-OH is 1. The Kier molecular flexibility index (Phi) is 6.45. The molecule has 0 saturated carbocycles. The average Bonchev–Trinajstić information content (AvgIpc) is 2.26. The van der Waals surface area contributed by atoms with Gasteiger partial charge in [0.15, 0.2) is 0 Å². The van der Waals surface area contributed by atoms with Gasteiger partial charge in [-0.3, -0.25) is 4.21 Å². The molecule has 0 aliphatic carbocycles. The second-order valence-electron chi connectivity index (χ2n) is 4.32. The Morgan fingerprint density at radius 2 is 2.13 bits per heavy atom. The van der Waals surface area contributed by atoms with Gasteiger partial charge in [0.1, 0.15) is 0 Å². The van der Waals surface area contributed by atoms with Crippen LogP contribution in [-0.4, -0.2) is 40.0 Å². The summed E-state index contributed by atoms with van der Waals surface area (Å²) in [5.41, 5.74) is 0. The van der Waals surface area contributed by atoms with E-state index in [1.165, 1.54) is 0 Å².